The van der Waals surface area contributed by atoms with Gasteiger partial charge in [0.1, 0.15) is 6.04 Å². The largest absolute Gasteiger partial charge is 0.383 e. The molecule has 0 saturated carbocycles. The first-order chi connectivity index (χ1) is 15.1. The van der Waals surface area contributed by atoms with Crippen LogP contribution in [0.25, 0.3) is 21.8 Å². The highest BCUT2D eigenvalue weighted by Gasteiger charge is 2.35. The number of carbonyl (C=O) groups is 1. The minimum absolute atomic E-state index is 0.0871. The first-order valence-corrected chi connectivity index (χ1v) is 10.7. The van der Waals surface area contributed by atoms with Crippen LogP contribution >= 0.6 is 11.6 Å². The van der Waals surface area contributed by atoms with E-state index < -0.39 is 0 Å². The van der Waals surface area contributed by atoms with E-state index >= 15 is 0 Å². The van der Waals surface area contributed by atoms with Crippen molar-refractivity contribution in [1.82, 2.24) is 24.8 Å². The van der Waals surface area contributed by atoms with Gasteiger partial charge in [-0.15, -0.1) is 0 Å². The number of aromatic amines is 2. The van der Waals surface area contributed by atoms with Crippen LogP contribution in [0.5, 0.6) is 0 Å². The van der Waals surface area contributed by atoms with Gasteiger partial charge < -0.3 is 19.6 Å². The molecule has 0 aliphatic carbocycles. The lowest BCUT2D eigenvalue weighted by Gasteiger charge is -2.40. The summed E-state index contributed by atoms with van der Waals surface area (Å²) in [5, 5.41) is 2.84. The molecule has 0 spiro atoms. The molecule has 0 unspecified atom stereocenters. The second kappa shape index (κ2) is 8.34. The Morgan fingerprint density at radius 3 is 2.65 bits per heavy atom. The number of halogens is 1. The summed E-state index contributed by atoms with van der Waals surface area (Å²) in [6, 6.07) is 11.6. The first kappa shape index (κ1) is 20.1. The summed E-state index contributed by atoms with van der Waals surface area (Å²) in [6.07, 6.45) is 3.59. The fourth-order valence-electron chi connectivity index (χ4n) is 4.35. The van der Waals surface area contributed by atoms with E-state index in [9.17, 15) is 4.79 Å². The molecule has 2 N–H and O–H groups in total. The number of benzene rings is 1. The Kier molecular flexibility index (Phi) is 5.40. The van der Waals surface area contributed by atoms with Crippen LogP contribution < -0.4 is 0 Å². The van der Waals surface area contributed by atoms with Crippen molar-refractivity contribution in [2.75, 3.05) is 26.8 Å². The van der Waals surface area contributed by atoms with Gasteiger partial charge in [-0.2, -0.15) is 0 Å². The highest BCUT2D eigenvalue weighted by atomic mass is 35.5. The van der Waals surface area contributed by atoms with Crippen molar-refractivity contribution in [3.63, 3.8) is 0 Å². The number of hydrogen-bond donors (Lipinski definition) is 2. The van der Waals surface area contributed by atoms with E-state index in [1.165, 1.54) is 0 Å². The van der Waals surface area contributed by atoms with Gasteiger partial charge >= 0.3 is 0 Å². The van der Waals surface area contributed by atoms with Crippen molar-refractivity contribution >= 4 is 39.3 Å². The van der Waals surface area contributed by atoms with Crippen molar-refractivity contribution in [1.29, 1.82) is 0 Å². The van der Waals surface area contributed by atoms with Gasteiger partial charge in [0.25, 0.3) is 0 Å². The molecule has 1 aromatic carbocycles. The highest BCUT2D eigenvalue weighted by molar-refractivity contribution is 6.31. The van der Waals surface area contributed by atoms with Gasteiger partial charge in [-0.05, 0) is 36.4 Å². The second-order valence-electron chi connectivity index (χ2n) is 7.99. The van der Waals surface area contributed by atoms with Crippen LogP contribution in [0.1, 0.15) is 11.4 Å². The molecule has 31 heavy (non-hydrogen) atoms. The summed E-state index contributed by atoms with van der Waals surface area (Å²) in [5.41, 5.74) is 4.14. The van der Waals surface area contributed by atoms with Crippen LogP contribution in [0.15, 0.2) is 48.8 Å². The molecule has 1 saturated heterocycles. The smallest absolute Gasteiger partial charge is 0.242 e. The number of amides is 1. The fraction of sp³-hybridized carbons (Fsp3) is 0.304. The zero-order chi connectivity index (χ0) is 21.4. The lowest BCUT2D eigenvalue weighted by Crippen LogP contribution is -2.57. The van der Waals surface area contributed by atoms with E-state index in [1.807, 2.05) is 35.4 Å². The summed E-state index contributed by atoms with van der Waals surface area (Å²) in [7, 11) is 1.64. The summed E-state index contributed by atoms with van der Waals surface area (Å²) in [5.74, 6) is 0.0871. The monoisotopic (exact) mass is 437 g/mol. The van der Waals surface area contributed by atoms with Crippen molar-refractivity contribution in [2.24, 2.45) is 0 Å². The van der Waals surface area contributed by atoms with Gasteiger partial charge in [0, 0.05) is 77.4 Å². The van der Waals surface area contributed by atoms with Crippen LogP contribution in [0.3, 0.4) is 0 Å². The van der Waals surface area contributed by atoms with E-state index in [0.717, 1.165) is 39.7 Å². The maximum Gasteiger partial charge on any atom is 0.242 e. The molecular weight excluding hydrogens is 414 g/mol. The number of fused-ring (bicyclic) bond motifs is 2. The minimum atomic E-state index is -0.320. The van der Waals surface area contributed by atoms with Gasteiger partial charge in [-0.1, -0.05) is 11.6 Å². The Labute approximate surface area is 185 Å². The maximum absolute atomic E-state index is 13.3. The average Bonchev–Trinajstić information content (AvgIpc) is 3.35. The SMILES string of the molecule is COC[C@H]1C(=O)N(Cc2cc3cnccc3[nH]2)CCN1Cc1cc2cc(Cl)ccc2[nH]1. The number of piperazine rings is 1. The maximum atomic E-state index is 13.3. The number of nitrogens with zero attached hydrogens (tertiary/aromatic N) is 3. The first-order valence-electron chi connectivity index (χ1n) is 10.3. The molecule has 1 fully saturated rings. The zero-order valence-corrected chi connectivity index (χ0v) is 18.0. The van der Waals surface area contributed by atoms with Crippen LogP contribution in [0, 0.1) is 0 Å². The summed E-state index contributed by atoms with van der Waals surface area (Å²) < 4.78 is 5.41. The number of pyridine rings is 1. The van der Waals surface area contributed by atoms with Gasteiger partial charge in [-0.3, -0.25) is 14.7 Å². The van der Waals surface area contributed by atoms with E-state index in [2.05, 4.69) is 32.0 Å². The molecule has 5 rings (SSSR count). The predicted octanol–water partition coefficient (Wildman–Crippen LogP) is 3.56. The number of aromatic nitrogens is 3. The van der Waals surface area contributed by atoms with Crippen molar-refractivity contribution in [3.05, 3.63) is 65.2 Å². The molecule has 1 aliphatic rings. The van der Waals surface area contributed by atoms with E-state index in [0.29, 0.717) is 31.3 Å². The van der Waals surface area contributed by atoms with Gasteiger partial charge in [0.2, 0.25) is 5.91 Å². The minimum Gasteiger partial charge on any atom is -0.383 e. The topological polar surface area (TPSA) is 77.2 Å². The molecular formula is C23H24ClN5O2. The highest BCUT2D eigenvalue weighted by Crippen LogP contribution is 2.23. The van der Waals surface area contributed by atoms with Gasteiger partial charge in [0.15, 0.2) is 0 Å². The third-order valence-electron chi connectivity index (χ3n) is 5.87. The van der Waals surface area contributed by atoms with Crippen LogP contribution in [0.4, 0.5) is 0 Å². The Bertz CT molecular complexity index is 1200. The molecule has 160 valence electrons. The van der Waals surface area contributed by atoms with Crippen LogP contribution in [-0.4, -0.2) is 63.5 Å². The molecule has 0 radical (unpaired) electrons. The van der Waals surface area contributed by atoms with Crippen molar-refractivity contribution in [3.8, 4) is 0 Å². The lowest BCUT2D eigenvalue weighted by atomic mass is 10.1. The summed E-state index contributed by atoms with van der Waals surface area (Å²) >= 11 is 6.11. The number of hydrogen-bond acceptors (Lipinski definition) is 4. The van der Waals surface area contributed by atoms with Crippen molar-refractivity contribution < 1.29 is 9.53 Å². The van der Waals surface area contributed by atoms with Gasteiger partial charge in [-0.25, -0.2) is 0 Å². The quantitative estimate of drug-likeness (QED) is 0.483. The average molecular weight is 438 g/mol. The number of carbonyl (C=O) groups excluding carboxylic acids is 1. The van der Waals surface area contributed by atoms with Crippen LogP contribution in [0.2, 0.25) is 5.02 Å². The molecule has 0 bridgehead atoms. The third-order valence-corrected chi connectivity index (χ3v) is 6.10. The number of nitrogens with one attached hydrogen (secondary N) is 2. The van der Waals surface area contributed by atoms with Gasteiger partial charge in [0.05, 0.1) is 13.2 Å². The van der Waals surface area contributed by atoms with E-state index in [-0.39, 0.29) is 11.9 Å². The number of rotatable bonds is 6. The normalized spacial score (nSPS) is 17.8. The standard InChI is InChI=1S/C23H24ClN5O2/c1-31-14-22-23(30)29(13-19-10-16-11-25-5-4-21(16)27-19)7-6-28(22)12-18-9-15-8-17(24)2-3-20(15)26-18/h2-5,8-11,22,26-27H,6-7,12-14H2,1H3/t22-/m0/s1. The molecule has 1 aliphatic heterocycles. The lowest BCUT2D eigenvalue weighted by molar-refractivity contribution is -0.145. The predicted molar refractivity (Wildman–Crippen MR) is 121 cm³/mol. The Balaban J connectivity index is 1.32. The van der Waals surface area contributed by atoms with E-state index in [1.54, 1.807) is 13.3 Å². The second-order valence-corrected chi connectivity index (χ2v) is 8.42. The molecule has 4 aromatic rings. The fourth-order valence-corrected chi connectivity index (χ4v) is 4.53. The molecule has 1 amide bonds. The number of ether oxygens (including phenoxy) is 1. The number of H-pyrrole nitrogens is 2. The number of methoxy groups -OCH3 is 1. The van der Waals surface area contributed by atoms with Crippen LogP contribution in [-0.2, 0) is 22.6 Å². The molecule has 7 nitrogen and oxygen atoms in total. The Morgan fingerprint density at radius 1 is 1.06 bits per heavy atom. The summed E-state index contributed by atoms with van der Waals surface area (Å²) in [6.45, 7) is 3.00. The Morgan fingerprint density at radius 2 is 1.84 bits per heavy atom. The molecule has 4 heterocycles. The third kappa shape index (κ3) is 4.04. The zero-order valence-electron chi connectivity index (χ0n) is 17.3. The summed E-state index contributed by atoms with van der Waals surface area (Å²) in [4.78, 5) is 28.4. The van der Waals surface area contributed by atoms with E-state index in [4.69, 9.17) is 16.3 Å². The van der Waals surface area contributed by atoms with Crippen molar-refractivity contribution in [2.45, 2.75) is 19.1 Å². The Hall–Kier alpha value is -2.87. The molecule has 3 aromatic heterocycles. The molecule has 1 atom stereocenters. The molecule has 8 heteroatoms.